The van der Waals surface area contributed by atoms with Gasteiger partial charge in [-0.05, 0) is 32.0 Å². The van der Waals surface area contributed by atoms with Crippen molar-refractivity contribution in [1.82, 2.24) is 4.57 Å². The lowest BCUT2D eigenvalue weighted by Crippen LogP contribution is -2.37. The maximum atomic E-state index is 12.2. The van der Waals surface area contributed by atoms with Crippen molar-refractivity contribution in [2.45, 2.75) is 19.4 Å². The predicted molar refractivity (Wildman–Crippen MR) is 83.1 cm³/mol. The molecule has 0 fully saturated rings. The largest absolute Gasteiger partial charge is 0.506 e. The summed E-state index contributed by atoms with van der Waals surface area (Å²) in [7, 11) is 0. The molecule has 1 aromatic carbocycles. The Balaban J connectivity index is 2.37. The minimum atomic E-state index is -0.961. The van der Waals surface area contributed by atoms with Gasteiger partial charge >= 0.3 is 0 Å². The molecule has 0 amide bonds. The monoisotopic (exact) mass is 294 g/mol. The highest BCUT2D eigenvalue weighted by atomic mass is 16.5. The first kappa shape index (κ1) is 14.0. The average Bonchev–Trinajstić information content (AvgIpc) is 2.49. The second kappa shape index (κ2) is 4.78. The quantitative estimate of drug-likeness (QED) is 0.821. The standard InChI is InChI=1S/C17H14N2O3/c1-17(2)16(21)15(19-9-5-4-6-14(19)20)12-10-11(18-3)7-8-13(12)22-17/h4-10,21H,1-2H3. The number of aromatic nitrogens is 1. The van der Waals surface area contributed by atoms with Gasteiger partial charge in [-0.2, -0.15) is 0 Å². The van der Waals surface area contributed by atoms with Gasteiger partial charge in [-0.1, -0.05) is 12.1 Å². The molecule has 1 aliphatic rings. The van der Waals surface area contributed by atoms with E-state index in [0.29, 0.717) is 22.7 Å². The van der Waals surface area contributed by atoms with Crippen molar-refractivity contribution in [3.8, 4) is 5.75 Å². The van der Waals surface area contributed by atoms with Gasteiger partial charge in [0.2, 0.25) is 0 Å². The fourth-order valence-corrected chi connectivity index (χ4v) is 2.45. The van der Waals surface area contributed by atoms with Crippen molar-refractivity contribution in [3.05, 3.63) is 75.7 Å². The third-order valence-electron chi connectivity index (χ3n) is 3.57. The summed E-state index contributed by atoms with van der Waals surface area (Å²) in [6.07, 6.45) is 1.59. The maximum Gasteiger partial charge on any atom is 0.255 e. The number of hydrogen-bond donors (Lipinski definition) is 1. The summed E-state index contributed by atoms with van der Waals surface area (Å²) in [6, 6.07) is 9.71. The van der Waals surface area contributed by atoms with Crippen molar-refractivity contribution in [1.29, 1.82) is 0 Å². The number of hydrogen-bond acceptors (Lipinski definition) is 3. The summed E-state index contributed by atoms with van der Waals surface area (Å²) < 4.78 is 7.16. The molecule has 0 unspecified atom stereocenters. The van der Waals surface area contributed by atoms with Gasteiger partial charge in [0, 0.05) is 17.8 Å². The Hall–Kier alpha value is -3.00. The smallest absolute Gasteiger partial charge is 0.255 e. The van der Waals surface area contributed by atoms with E-state index < -0.39 is 5.60 Å². The van der Waals surface area contributed by atoms with Gasteiger partial charge in [0.25, 0.3) is 5.56 Å². The van der Waals surface area contributed by atoms with Crippen LogP contribution in [0.15, 0.2) is 53.1 Å². The number of nitrogens with zero attached hydrogens (tertiary/aromatic N) is 2. The van der Waals surface area contributed by atoms with Crippen LogP contribution in [0.1, 0.15) is 19.4 Å². The van der Waals surface area contributed by atoms with E-state index in [-0.39, 0.29) is 11.3 Å². The third kappa shape index (κ3) is 2.06. The van der Waals surface area contributed by atoms with Crippen LogP contribution in [0.5, 0.6) is 5.75 Å². The number of aliphatic hydroxyl groups excluding tert-OH is 1. The van der Waals surface area contributed by atoms with Crippen molar-refractivity contribution < 1.29 is 9.84 Å². The summed E-state index contributed by atoms with van der Waals surface area (Å²) in [5.41, 5.74) is 0.0651. The molecule has 0 radical (unpaired) electrons. The van der Waals surface area contributed by atoms with Gasteiger partial charge in [-0.3, -0.25) is 9.36 Å². The van der Waals surface area contributed by atoms with Crippen molar-refractivity contribution >= 4 is 11.4 Å². The second-order valence-electron chi connectivity index (χ2n) is 5.51. The Kier molecular flexibility index (Phi) is 3.03. The molecule has 0 spiro atoms. The van der Waals surface area contributed by atoms with Crippen molar-refractivity contribution in [3.63, 3.8) is 0 Å². The minimum Gasteiger partial charge on any atom is -0.506 e. The molecule has 2 heterocycles. The van der Waals surface area contributed by atoms with E-state index in [0.717, 1.165) is 0 Å². The van der Waals surface area contributed by atoms with Gasteiger partial charge < -0.3 is 9.84 Å². The number of pyridine rings is 1. The highest BCUT2D eigenvalue weighted by Gasteiger charge is 2.36. The van der Waals surface area contributed by atoms with E-state index in [4.69, 9.17) is 11.3 Å². The zero-order valence-corrected chi connectivity index (χ0v) is 12.2. The summed E-state index contributed by atoms with van der Waals surface area (Å²) in [5.74, 6) is 0.483. The first-order chi connectivity index (χ1) is 10.4. The number of benzene rings is 1. The molecule has 0 saturated heterocycles. The van der Waals surface area contributed by atoms with Gasteiger partial charge in [-0.15, -0.1) is 0 Å². The van der Waals surface area contributed by atoms with Crippen LogP contribution in [0.2, 0.25) is 0 Å². The molecule has 1 aromatic heterocycles. The normalized spacial score (nSPS) is 15.7. The lowest BCUT2D eigenvalue weighted by Gasteiger charge is -2.34. The molecule has 2 aromatic rings. The highest BCUT2D eigenvalue weighted by molar-refractivity contribution is 5.77. The van der Waals surface area contributed by atoms with Gasteiger partial charge in [-0.25, -0.2) is 4.85 Å². The zero-order chi connectivity index (χ0) is 15.9. The number of rotatable bonds is 1. The Morgan fingerprint density at radius 3 is 2.73 bits per heavy atom. The highest BCUT2D eigenvalue weighted by Crippen LogP contribution is 2.41. The van der Waals surface area contributed by atoms with Gasteiger partial charge in [0.1, 0.15) is 5.75 Å². The molecule has 5 nitrogen and oxygen atoms in total. The number of ether oxygens (including phenoxy) is 1. The van der Waals surface area contributed by atoms with Crippen LogP contribution in [-0.4, -0.2) is 15.3 Å². The number of aliphatic hydroxyl groups is 1. The Morgan fingerprint density at radius 2 is 2.05 bits per heavy atom. The van der Waals surface area contributed by atoms with E-state index >= 15 is 0 Å². The summed E-state index contributed by atoms with van der Waals surface area (Å²) >= 11 is 0. The fourth-order valence-electron chi connectivity index (χ4n) is 2.45. The summed E-state index contributed by atoms with van der Waals surface area (Å²) in [5, 5.41) is 10.6. The number of fused-ring (bicyclic) bond motifs is 1. The average molecular weight is 294 g/mol. The Morgan fingerprint density at radius 1 is 1.27 bits per heavy atom. The molecule has 110 valence electrons. The first-order valence-corrected chi connectivity index (χ1v) is 6.77. The zero-order valence-electron chi connectivity index (χ0n) is 12.2. The molecule has 3 rings (SSSR count). The maximum absolute atomic E-state index is 12.2. The van der Waals surface area contributed by atoms with Crippen molar-refractivity contribution in [2.75, 3.05) is 0 Å². The molecule has 1 N–H and O–H groups in total. The molecule has 0 bridgehead atoms. The minimum absolute atomic E-state index is 0.0459. The molecule has 5 heteroatoms. The summed E-state index contributed by atoms with van der Waals surface area (Å²) in [6.45, 7) is 10.6. The van der Waals surface area contributed by atoms with E-state index in [1.165, 1.54) is 10.6 Å². The van der Waals surface area contributed by atoms with E-state index in [1.807, 2.05) is 0 Å². The molecule has 0 atom stereocenters. The van der Waals surface area contributed by atoms with Crippen LogP contribution in [-0.2, 0) is 0 Å². The van der Waals surface area contributed by atoms with E-state index in [1.54, 1.807) is 50.4 Å². The second-order valence-corrected chi connectivity index (χ2v) is 5.51. The van der Waals surface area contributed by atoms with Crippen LogP contribution in [0.3, 0.4) is 0 Å². The lowest BCUT2D eigenvalue weighted by atomic mass is 9.96. The SMILES string of the molecule is [C-]#[N+]c1ccc2c(c1)C(n1ccccc1=O)=C(O)C(C)(C)O2. The van der Waals surface area contributed by atoms with Crippen LogP contribution in [0.25, 0.3) is 10.5 Å². The fraction of sp³-hybridized carbons (Fsp3) is 0.176. The Bertz CT molecular complexity index is 885. The first-order valence-electron chi connectivity index (χ1n) is 6.77. The van der Waals surface area contributed by atoms with Gasteiger partial charge in [0.05, 0.1) is 12.3 Å². The molecular formula is C17H14N2O3. The predicted octanol–water partition coefficient (Wildman–Crippen LogP) is 3.34. The lowest BCUT2D eigenvalue weighted by molar-refractivity contribution is 0.0910. The topological polar surface area (TPSA) is 55.8 Å². The van der Waals surface area contributed by atoms with Crippen LogP contribution >= 0.6 is 0 Å². The summed E-state index contributed by atoms with van der Waals surface area (Å²) in [4.78, 5) is 15.5. The molecular weight excluding hydrogens is 280 g/mol. The van der Waals surface area contributed by atoms with Gasteiger partial charge in [0.15, 0.2) is 17.0 Å². The molecule has 1 aliphatic heterocycles. The van der Waals surface area contributed by atoms with Crippen LogP contribution in [0.4, 0.5) is 5.69 Å². The van der Waals surface area contributed by atoms with E-state index in [9.17, 15) is 9.90 Å². The van der Waals surface area contributed by atoms with Crippen molar-refractivity contribution in [2.24, 2.45) is 0 Å². The van der Waals surface area contributed by atoms with E-state index in [2.05, 4.69) is 4.85 Å². The molecule has 0 aliphatic carbocycles. The molecule has 22 heavy (non-hydrogen) atoms. The Labute approximate surface area is 127 Å². The molecule has 0 saturated carbocycles. The third-order valence-corrected chi connectivity index (χ3v) is 3.57. The van der Waals surface area contributed by atoms with Crippen LogP contribution < -0.4 is 10.3 Å². The van der Waals surface area contributed by atoms with Crippen LogP contribution in [0, 0.1) is 6.57 Å².